The number of carbonyl (C=O) groups excluding carboxylic acids is 2. The van der Waals surface area contributed by atoms with Crippen LogP contribution in [0.3, 0.4) is 0 Å². The summed E-state index contributed by atoms with van der Waals surface area (Å²) in [7, 11) is 0. The molecule has 120 valence electrons. The minimum Gasteiger partial charge on any atom is -0.376 e. The Kier molecular flexibility index (Phi) is 6.17. The van der Waals surface area contributed by atoms with Crippen molar-refractivity contribution in [1.82, 2.24) is 10.6 Å². The molecule has 0 heterocycles. The zero-order valence-electron chi connectivity index (χ0n) is 13.1. The fourth-order valence-electron chi connectivity index (χ4n) is 2.07. The van der Waals surface area contributed by atoms with Crippen molar-refractivity contribution in [1.29, 1.82) is 0 Å². The van der Waals surface area contributed by atoms with Gasteiger partial charge in [-0.1, -0.05) is 36.4 Å². The van der Waals surface area contributed by atoms with Crippen LogP contribution in [-0.4, -0.2) is 24.9 Å². The predicted molar refractivity (Wildman–Crippen MR) is 91.2 cm³/mol. The van der Waals surface area contributed by atoms with Crippen molar-refractivity contribution in [3.05, 3.63) is 65.7 Å². The Balaban J connectivity index is 1.82. The molecule has 5 heteroatoms. The Hall–Kier alpha value is -2.82. The van der Waals surface area contributed by atoms with Crippen LogP contribution < -0.4 is 16.0 Å². The number of hydrogen-bond acceptors (Lipinski definition) is 3. The molecule has 0 atom stereocenters. The summed E-state index contributed by atoms with van der Waals surface area (Å²) in [5.74, 6) is -0.220. The fraction of sp³-hybridized carbons (Fsp3) is 0.222. The third-order valence-corrected chi connectivity index (χ3v) is 3.25. The molecule has 0 saturated carbocycles. The highest BCUT2D eigenvalue weighted by molar-refractivity contribution is 5.95. The first-order valence-corrected chi connectivity index (χ1v) is 7.62. The van der Waals surface area contributed by atoms with Gasteiger partial charge in [0, 0.05) is 24.3 Å². The second-order valence-electron chi connectivity index (χ2n) is 5.06. The molecule has 0 aliphatic rings. The van der Waals surface area contributed by atoms with Crippen LogP contribution in [0.1, 0.15) is 22.8 Å². The second kappa shape index (κ2) is 8.58. The molecule has 0 saturated heterocycles. The molecule has 0 aliphatic heterocycles. The molecule has 23 heavy (non-hydrogen) atoms. The van der Waals surface area contributed by atoms with Crippen molar-refractivity contribution in [3.8, 4) is 0 Å². The summed E-state index contributed by atoms with van der Waals surface area (Å²) in [6.45, 7) is 3.11. The molecule has 0 radical (unpaired) electrons. The number of anilines is 1. The monoisotopic (exact) mass is 311 g/mol. The highest BCUT2D eigenvalue weighted by Gasteiger charge is 2.06. The molecule has 0 spiro atoms. The number of nitrogens with one attached hydrogen (secondary N) is 3. The lowest BCUT2D eigenvalue weighted by Gasteiger charge is -2.09. The van der Waals surface area contributed by atoms with Crippen molar-refractivity contribution in [2.24, 2.45) is 0 Å². The summed E-state index contributed by atoms with van der Waals surface area (Å²) in [6, 6.07) is 16.8. The molecule has 0 unspecified atom stereocenters. The lowest BCUT2D eigenvalue weighted by molar-refractivity contribution is -0.119. The maximum Gasteiger partial charge on any atom is 0.251 e. The van der Waals surface area contributed by atoms with Gasteiger partial charge in [-0.15, -0.1) is 0 Å². The van der Waals surface area contributed by atoms with Crippen molar-refractivity contribution in [2.45, 2.75) is 13.5 Å². The Morgan fingerprint density at radius 2 is 1.74 bits per heavy atom. The van der Waals surface area contributed by atoms with Crippen molar-refractivity contribution >= 4 is 17.5 Å². The van der Waals surface area contributed by atoms with Crippen LogP contribution in [0.4, 0.5) is 5.69 Å². The smallest absolute Gasteiger partial charge is 0.251 e. The Morgan fingerprint density at radius 1 is 0.957 bits per heavy atom. The largest absolute Gasteiger partial charge is 0.376 e. The summed E-state index contributed by atoms with van der Waals surface area (Å²) in [5.41, 5.74) is 2.37. The van der Waals surface area contributed by atoms with Gasteiger partial charge in [-0.3, -0.25) is 9.59 Å². The maximum atomic E-state index is 11.9. The van der Waals surface area contributed by atoms with Crippen LogP contribution in [0.5, 0.6) is 0 Å². The number of rotatable bonds is 7. The van der Waals surface area contributed by atoms with Crippen LogP contribution in [0.2, 0.25) is 0 Å². The molecule has 2 rings (SSSR count). The number of hydrogen-bond donors (Lipinski definition) is 3. The van der Waals surface area contributed by atoms with E-state index in [0.717, 1.165) is 11.3 Å². The van der Waals surface area contributed by atoms with Crippen LogP contribution in [-0.2, 0) is 11.3 Å². The number of carbonyl (C=O) groups is 2. The van der Waals surface area contributed by atoms with Gasteiger partial charge in [-0.05, 0) is 30.7 Å². The average molecular weight is 311 g/mol. The Bertz CT molecular complexity index is 656. The molecule has 3 N–H and O–H groups in total. The topological polar surface area (TPSA) is 70.2 Å². The maximum absolute atomic E-state index is 11.9. The standard InChI is InChI=1S/C18H21N3O2/c1-2-19-18(23)15-9-6-10-16(11-15)20-13-17(22)21-12-14-7-4-3-5-8-14/h3-11,20H,2,12-13H2,1H3,(H,19,23)(H,21,22). The van der Waals surface area contributed by atoms with E-state index in [1.54, 1.807) is 18.2 Å². The van der Waals surface area contributed by atoms with Gasteiger partial charge in [-0.2, -0.15) is 0 Å². The zero-order valence-corrected chi connectivity index (χ0v) is 13.1. The van der Waals surface area contributed by atoms with Gasteiger partial charge >= 0.3 is 0 Å². The molecule has 0 bridgehead atoms. The van der Waals surface area contributed by atoms with Crippen molar-refractivity contribution < 1.29 is 9.59 Å². The Morgan fingerprint density at radius 3 is 2.48 bits per heavy atom. The molecule has 0 aliphatic carbocycles. The van der Waals surface area contributed by atoms with Gasteiger partial charge in [0.2, 0.25) is 5.91 Å². The van der Waals surface area contributed by atoms with E-state index in [1.165, 1.54) is 0 Å². The SMILES string of the molecule is CCNC(=O)c1cccc(NCC(=O)NCc2ccccc2)c1. The first kappa shape index (κ1) is 16.5. The number of amides is 2. The lowest BCUT2D eigenvalue weighted by atomic mass is 10.2. The average Bonchev–Trinajstić information content (AvgIpc) is 2.59. The summed E-state index contributed by atoms with van der Waals surface area (Å²) >= 11 is 0. The van der Waals surface area contributed by atoms with E-state index in [2.05, 4.69) is 16.0 Å². The van der Waals surface area contributed by atoms with Gasteiger partial charge in [0.05, 0.1) is 6.54 Å². The summed E-state index contributed by atoms with van der Waals surface area (Å²) in [5, 5.41) is 8.62. The third-order valence-electron chi connectivity index (χ3n) is 3.25. The van der Waals surface area contributed by atoms with Gasteiger partial charge in [0.1, 0.15) is 0 Å². The molecule has 0 aromatic heterocycles. The van der Waals surface area contributed by atoms with E-state index in [1.807, 2.05) is 43.3 Å². The minimum absolute atomic E-state index is 0.0998. The summed E-state index contributed by atoms with van der Waals surface area (Å²) in [6.07, 6.45) is 0. The minimum atomic E-state index is -0.121. The normalized spacial score (nSPS) is 9.96. The summed E-state index contributed by atoms with van der Waals surface area (Å²) < 4.78 is 0. The first-order valence-electron chi connectivity index (χ1n) is 7.62. The van der Waals surface area contributed by atoms with Crippen LogP contribution in [0.25, 0.3) is 0 Å². The lowest BCUT2D eigenvalue weighted by Crippen LogP contribution is -2.29. The molecular formula is C18H21N3O2. The molecule has 2 aromatic carbocycles. The number of benzene rings is 2. The molecular weight excluding hydrogens is 290 g/mol. The fourth-order valence-corrected chi connectivity index (χ4v) is 2.07. The van der Waals surface area contributed by atoms with E-state index >= 15 is 0 Å². The van der Waals surface area contributed by atoms with E-state index in [4.69, 9.17) is 0 Å². The van der Waals surface area contributed by atoms with Crippen molar-refractivity contribution in [2.75, 3.05) is 18.4 Å². The highest BCUT2D eigenvalue weighted by Crippen LogP contribution is 2.10. The zero-order chi connectivity index (χ0) is 16.5. The molecule has 0 fully saturated rings. The van der Waals surface area contributed by atoms with Gasteiger partial charge in [-0.25, -0.2) is 0 Å². The van der Waals surface area contributed by atoms with Gasteiger partial charge in [0.25, 0.3) is 5.91 Å². The third kappa shape index (κ3) is 5.47. The predicted octanol–water partition coefficient (Wildman–Crippen LogP) is 2.16. The summed E-state index contributed by atoms with van der Waals surface area (Å²) in [4.78, 5) is 23.6. The van der Waals surface area contributed by atoms with Crippen LogP contribution in [0.15, 0.2) is 54.6 Å². The molecule has 5 nitrogen and oxygen atoms in total. The van der Waals surface area contributed by atoms with Crippen molar-refractivity contribution in [3.63, 3.8) is 0 Å². The second-order valence-corrected chi connectivity index (χ2v) is 5.06. The Labute approximate surface area is 136 Å². The van der Waals surface area contributed by atoms with E-state index in [-0.39, 0.29) is 18.4 Å². The van der Waals surface area contributed by atoms with E-state index in [0.29, 0.717) is 18.7 Å². The first-order chi connectivity index (χ1) is 11.2. The molecule has 2 amide bonds. The van der Waals surface area contributed by atoms with E-state index < -0.39 is 0 Å². The quantitative estimate of drug-likeness (QED) is 0.734. The van der Waals surface area contributed by atoms with Gasteiger partial charge in [0.15, 0.2) is 0 Å². The molecule has 2 aromatic rings. The highest BCUT2D eigenvalue weighted by atomic mass is 16.2. The van der Waals surface area contributed by atoms with Gasteiger partial charge < -0.3 is 16.0 Å². The van der Waals surface area contributed by atoms with Crippen LogP contribution in [0, 0.1) is 0 Å². The van der Waals surface area contributed by atoms with Crippen LogP contribution >= 0.6 is 0 Å². The van der Waals surface area contributed by atoms with E-state index in [9.17, 15) is 9.59 Å².